The molecule has 6 aliphatic carbocycles. The first-order chi connectivity index (χ1) is 29.2. The molecule has 7 nitrogen and oxygen atoms in total. The Morgan fingerprint density at radius 2 is 1.37 bits per heavy atom. The number of methoxy groups -OCH3 is 1. The van der Waals surface area contributed by atoms with Crippen molar-refractivity contribution in [1.29, 1.82) is 0 Å². The van der Waals surface area contributed by atoms with E-state index in [2.05, 4.69) is 56.6 Å². The number of ether oxygens (including phenoxy) is 1. The molecule has 5 saturated carbocycles. The molecule has 0 bridgehead atoms. The van der Waals surface area contributed by atoms with E-state index in [4.69, 9.17) is 4.74 Å². The monoisotopic (exact) mass is 874 g/mol. The van der Waals surface area contributed by atoms with Crippen molar-refractivity contribution in [1.82, 2.24) is 16.0 Å². The van der Waals surface area contributed by atoms with Crippen molar-refractivity contribution >= 4 is 17.7 Å². The van der Waals surface area contributed by atoms with E-state index in [9.17, 15) is 31.9 Å². The standard InChI is InChI=1S/C51H79F4N3O4/c1-31(2)40-16-13-35(27-44(40)47(60)58-39-21-25-51(54,55)30-39)11-10-34(5)42-17-14-36(28-45(42)48(61)56-37-18-22-49(6,62-7)23-19-37)12-9-33(4)41-15-8-32(3)26-43(41)46(59)57-38-20-24-50(52,53)29-38/h10,18-19,22,31-33,35-36,38-45H,8-9,11-17,20-21,23-30H2,1-7H3,(H,56,61)(H,57,59)(H,58,60)/b34-10+/t32-,33?,35-,36-,38+,39-,40+,41+,42+,43-,44-,45-,49?/m1/s1. The summed E-state index contributed by atoms with van der Waals surface area (Å²) in [6.45, 7) is 13.0. The van der Waals surface area contributed by atoms with Gasteiger partial charge in [-0.15, -0.1) is 0 Å². The Morgan fingerprint density at radius 3 is 1.94 bits per heavy atom. The molecule has 0 radical (unpaired) electrons. The normalized spacial score (nSPS) is 37.7. The van der Waals surface area contributed by atoms with Crippen molar-refractivity contribution in [3.63, 3.8) is 0 Å². The highest BCUT2D eigenvalue weighted by atomic mass is 19.3. The third kappa shape index (κ3) is 12.8. The van der Waals surface area contributed by atoms with E-state index in [0.29, 0.717) is 48.9 Å². The van der Waals surface area contributed by atoms with Gasteiger partial charge in [-0.25, -0.2) is 17.6 Å². The number of hydrogen-bond acceptors (Lipinski definition) is 4. The summed E-state index contributed by atoms with van der Waals surface area (Å²) in [6, 6.07) is -0.907. The van der Waals surface area contributed by atoms with Gasteiger partial charge in [-0.3, -0.25) is 14.4 Å². The first-order valence-corrected chi connectivity index (χ1v) is 24.5. The number of halogens is 4. The van der Waals surface area contributed by atoms with Crippen LogP contribution in [0.25, 0.3) is 0 Å². The second kappa shape index (κ2) is 20.6. The third-order valence-corrected chi connectivity index (χ3v) is 16.7. The van der Waals surface area contributed by atoms with Gasteiger partial charge in [0.1, 0.15) is 0 Å². The molecule has 0 saturated heterocycles. The van der Waals surface area contributed by atoms with Crippen LogP contribution < -0.4 is 16.0 Å². The maximum absolute atomic E-state index is 14.4. The molecule has 62 heavy (non-hydrogen) atoms. The topological polar surface area (TPSA) is 96.5 Å². The van der Waals surface area contributed by atoms with Crippen molar-refractivity contribution in [3.8, 4) is 0 Å². The Labute approximate surface area is 370 Å². The van der Waals surface area contributed by atoms with Crippen LogP contribution in [0.4, 0.5) is 17.6 Å². The molecule has 0 aromatic rings. The SMILES string of the molecule is COC1(C)C=CC(NC(=O)[C@@H]2C[C@H](CCC(C)[C@@H]3CC[C@@H](C)C[C@H]3C(=O)N[C@H]3CCC(F)(F)C3)CC[C@H]2/C(C)=C/C[C@@H]2CC[C@@H](C(C)C)[C@H](C(=O)N[C@@H]3CCC(F)(F)C3)C2)=CC1. The second-order valence-corrected chi connectivity index (χ2v) is 21.8. The van der Waals surface area contributed by atoms with Gasteiger partial charge in [0.05, 0.1) is 5.60 Å². The Kier molecular flexibility index (Phi) is 16.2. The lowest BCUT2D eigenvalue weighted by molar-refractivity contribution is -0.131. The molecule has 2 unspecified atom stereocenters. The molecule has 5 fully saturated rings. The van der Waals surface area contributed by atoms with Crippen LogP contribution in [0.15, 0.2) is 35.6 Å². The van der Waals surface area contributed by atoms with E-state index in [1.165, 1.54) is 5.57 Å². The summed E-state index contributed by atoms with van der Waals surface area (Å²) < 4.78 is 61.6. The fourth-order valence-corrected chi connectivity index (χ4v) is 12.5. The lowest BCUT2D eigenvalue weighted by atomic mass is 9.66. The number of nitrogens with one attached hydrogen (secondary N) is 3. The largest absolute Gasteiger partial charge is 0.374 e. The fraction of sp³-hybridized carbons (Fsp3) is 0.824. The van der Waals surface area contributed by atoms with Gasteiger partial charge in [0.25, 0.3) is 0 Å². The minimum absolute atomic E-state index is 0.0413. The van der Waals surface area contributed by atoms with Crippen molar-refractivity contribution < 1.29 is 36.7 Å². The summed E-state index contributed by atoms with van der Waals surface area (Å²) in [4.78, 5) is 41.6. The minimum atomic E-state index is -2.70. The van der Waals surface area contributed by atoms with Crippen LogP contribution >= 0.6 is 0 Å². The predicted molar refractivity (Wildman–Crippen MR) is 237 cm³/mol. The summed E-state index contributed by atoms with van der Waals surface area (Å²) in [6.07, 6.45) is 19.8. The van der Waals surface area contributed by atoms with Crippen LogP contribution in [0.3, 0.4) is 0 Å². The molecule has 0 aromatic heterocycles. The lowest BCUT2D eigenvalue weighted by Crippen LogP contribution is -2.44. The predicted octanol–water partition coefficient (Wildman–Crippen LogP) is 11.5. The summed E-state index contributed by atoms with van der Waals surface area (Å²) in [5.41, 5.74) is 1.62. The van der Waals surface area contributed by atoms with Crippen LogP contribution in [0.2, 0.25) is 0 Å². The molecule has 0 spiro atoms. The third-order valence-electron chi connectivity index (χ3n) is 16.7. The van der Waals surface area contributed by atoms with Crippen LogP contribution in [0.5, 0.6) is 0 Å². The van der Waals surface area contributed by atoms with Gasteiger partial charge in [0, 0.05) is 74.7 Å². The van der Waals surface area contributed by atoms with E-state index in [1.807, 2.05) is 25.2 Å². The number of rotatable bonds is 15. The number of alkyl halides is 4. The molecule has 11 heteroatoms. The second-order valence-electron chi connectivity index (χ2n) is 21.8. The van der Waals surface area contributed by atoms with Crippen molar-refractivity contribution in [2.24, 2.45) is 65.1 Å². The van der Waals surface area contributed by atoms with Gasteiger partial charge < -0.3 is 20.7 Å². The molecule has 0 aliphatic heterocycles. The average Bonchev–Trinajstić information content (AvgIpc) is 3.77. The molecule has 6 aliphatic rings. The minimum Gasteiger partial charge on any atom is -0.374 e. The van der Waals surface area contributed by atoms with Gasteiger partial charge in [0.2, 0.25) is 29.6 Å². The zero-order valence-corrected chi connectivity index (χ0v) is 38.9. The van der Waals surface area contributed by atoms with E-state index in [1.54, 1.807) is 7.11 Å². The first-order valence-electron chi connectivity index (χ1n) is 24.5. The number of carbonyl (C=O) groups excluding carboxylic acids is 3. The molecule has 350 valence electrons. The summed E-state index contributed by atoms with van der Waals surface area (Å²) in [5, 5.41) is 9.31. The fourth-order valence-electron chi connectivity index (χ4n) is 12.5. The molecular weight excluding hydrogens is 795 g/mol. The highest BCUT2D eigenvalue weighted by molar-refractivity contribution is 5.82. The highest BCUT2D eigenvalue weighted by Gasteiger charge is 2.45. The van der Waals surface area contributed by atoms with Crippen LogP contribution in [0.1, 0.15) is 164 Å². The van der Waals surface area contributed by atoms with Gasteiger partial charge in [-0.2, -0.15) is 0 Å². The maximum atomic E-state index is 14.4. The first kappa shape index (κ1) is 48.8. The van der Waals surface area contributed by atoms with E-state index < -0.39 is 29.5 Å². The summed E-state index contributed by atoms with van der Waals surface area (Å²) >= 11 is 0. The summed E-state index contributed by atoms with van der Waals surface area (Å²) in [5.74, 6) is -3.74. The summed E-state index contributed by atoms with van der Waals surface area (Å²) in [7, 11) is 1.69. The Balaban J connectivity index is 1.10. The zero-order chi connectivity index (χ0) is 45.0. The Hall–Kier alpha value is -2.69. The van der Waals surface area contributed by atoms with Gasteiger partial charge in [0.15, 0.2) is 0 Å². The van der Waals surface area contributed by atoms with Crippen molar-refractivity contribution in [2.75, 3.05) is 7.11 Å². The number of allylic oxidation sites excluding steroid dienone is 3. The molecule has 0 heterocycles. The number of carbonyl (C=O) groups is 3. The molecule has 13 atom stereocenters. The lowest BCUT2D eigenvalue weighted by Gasteiger charge is -2.40. The van der Waals surface area contributed by atoms with Gasteiger partial charge >= 0.3 is 0 Å². The van der Waals surface area contributed by atoms with Crippen LogP contribution in [-0.2, 0) is 19.1 Å². The van der Waals surface area contributed by atoms with Crippen LogP contribution in [-0.4, -0.2) is 54.4 Å². The highest BCUT2D eigenvalue weighted by Crippen LogP contribution is 2.46. The van der Waals surface area contributed by atoms with E-state index in [0.717, 1.165) is 82.7 Å². The molecular formula is C51H79F4N3O4. The van der Waals surface area contributed by atoms with Crippen LogP contribution in [0, 0.1) is 65.1 Å². The number of amides is 3. The van der Waals surface area contributed by atoms with E-state index in [-0.39, 0.29) is 78.9 Å². The maximum Gasteiger partial charge on any atom is 0.250 e. The zero-order valence-electron chi connectivity index (χ0n) is 38.9. The van der Waals surface area contributed by atoms with Gasteiger partial charge in [-0.1, -0.05) is 70.8 Å². The van der Waals surface area contributed by atoms with Crippen molar-refractivity contribution in [3.05, 3.63) is 35.6 Å². The Morgan fingerprint density at radius 1 is 0.774 bits per heavy atom. The van der Waals surface area contributed by atoms with Crippen molar-refractivity contribution in [2.45, 2.75) is 193 Å². The number of hydrogen-bond donors (Lipinski definition) is 3. The molecule has 6 rings (SSSR count). The quantitative estimate of drug-likeness (QED) is 0.113. The molecule has 0 aromatic carbocycles. The van der Waals surface area contributed by atoms with E-state index >= 15 is 0 Å². The molecule has 3 amide bonds. The Bertz CT molecular complexity index is 1660. The molecule has 3 N–H and O–H groups in total. The van der Waals surface area contributed by atoms with Gasteiger partial charge in [-0.05, 0) is 138 Å². The average molecular weight is 874 g/mol. The smallest absolute Gasteiger partial charge is 0.250 e.